The van der Waals surface area contributed by atoms with E-state index in [4.69, 9.17) is 11.6 Å². The van der Waals surface area contributed by atoms with Crippen LogP contribution in [0.4, 0.5) is 4.39 Å². The zero-order valence-corrected chi connectivity index (χ0v) is 18.7. The predicted octanol–water partition coefficient (Wildman–Crippen LogP) is 5.65. The molecule has 6 nitrogen and oxygen atoms in total. The van der Waals surface area contributed by atoms with Crippen LogP contribution >= 0.6 is 11.6 Å². The Morgan fingerprint density at radius 2 is 2.03 bits per heavy atom. The normalized spacial score (nSPS) is 13.6. The average molecular weight is 477 g/mol. The van der Waals surface area contributed by atoms with E-state index in [1.807, 2.05) is 0 Å². The molecule has 2 aromatic heterocycles. The highest BCUT2D eigenvalue weighted by atomic mass is 35.5. The van der Waals surface area contributed by atoms with E-state index in [2.05, 4.69) is 4.98 Å². The molecule has 0 atom stereocenters. The van der Waals surface area contributed by atoms with Crippen LogP contribution in [0.2, 0.25) is 5.15 Å². The fraction of sp³-hybridized carbons (Fsp3) is 0.115. The highest BCUT2D eigenvalue weighted by Gasteiger charge is 2.29. The molecule has 8 heteroatoms. The maximum atomic E-state index is 14.6. The first-order valence-electron chi connectivity index (χ1n) is 10.5. The topological polar surface area (TPSA) is 92.4 Å². The van der Waals surface area contributed by atoms with Crippen LogP contribution < -0.4 is 0 Å². The number of fused-ring (bicyclic) bond motifs is 2. The molecule has 34 heavy (non-hydrogen) atoms. The number of aromatic hydroxyl groups is 1. The molecule has 0 amide bonds. The van der Waals surface area contributed by atoms with Crippen molar-refractivity contribution in [2.24, 2.45) is 0 Å². The summed E-state index contributed by atoms with van der Waals surface area (Å²) in [5.74, 6) is -1.90. The number of carboxylic acid groups (broad SMARTS) is 1. The van der Waals surface area contributed by atoms with Gasteiger partial charge < -0.3 is 14.8 Å². The van der Waals surface area contributed by atoms with Crippen molar-refractivity contribution in [1.82, 2.24) is 9.55 Å². The van der Waals surface area contributed by atoms with E-state index in [-0.39, 0.29) is 46.5 Å². The van der Waals surface area contributed by atoms with E-state index >= 15 is 0 Å². The van der Waals surface area contributed by atoms with Crippen LogP contribution in [0.3, 0.4) is 0 Å². The highest BCUT2D eigenvalue weighted by molar-refractivity contribution is 6.30. The summed E-state index contributed by atoms with van der Waals surface area (Å²) in [4.78, 5) is 29.5. The van der Waals surface area contributed by atoms with E-state index in [1.165, 1.54) is 22.8 Å². The van der Waals surface area contributed by atoms with Crippen LogP contribution in [0.15, 0.2) is 54.6 Å². The number of phenolic OH excluding ortho intramolecular Hbond substituents is 1. The summed E-state index contributed by atoms with van der Waals surface area (Å²) >= 11 is 6.42. The van der Waals surface area contributed by atoms with Gasteiger partial charge in [-0.25, -0.2) is 14.2 Å². The Kier molecular flexibility index (Phi) is 5.21. The summed E-state index contributed by atoms with van der Waals surface area (Å²) < 4.78 is 16.1. The molecule has 0 fully saturated rings. The van der Waals surface area contributed by atoms with E-state index in [0.717, 1.165) is 0 Å². The van der Waals surface area contributed by atoms with Gasteiger partial charge in [0.2, 0.25) is 0 Å². The zero-order chi connectivity index (χ0) is 24.1. The summed E-state index contributed by atoms with van der Waals surface area (Å²) in [7, 11) is 0. The van der Waals surface area contributed by atoms with Gasteiger partial charge in [0, 0.05) is 40.0 Å². The number of hydrogen-bond acceptors (Lipinski definition) is 4. The third-order valence-electron chi connectivity index (χ3n) is 5.97. The number of rotatable bonds is 4. The summed E-state index contributed by atoms with van der Waals surface area (Å²) in [6.45, 7) is 1.58. The first-order valence-corrected chi connectivity index (χ1v) is 10.9. The van der Waals surface area contributed by atoms with Crippen LogP contribution in [0.25, 0.3) is 27.4 Å². The minimum absolute atomic E-state index is 0.0133. The number of carboxylic acids is 1. The number of carbonyl (C=O) groups is 2. The van der Waals surface area contributed by atoms with Crippen LogP contribution in [0.5, 0.6) is 5.75 Å². The molecule has 1 aliphatic rings. The number of halogens is 2. The molecule has 0 saturated carbocycles. The number of pyridine rings is 1. The van der Waals surface area contributed by atoms with Gasteiger partial charge in [-0.15, -0.1) is 0 Å². The van der Waals surface area contributed by atoms with Crippen LogP contribution in [0.1, 0.15) is 33.6 Å². The van der Waals surface area contributed by atoms with Crippen LogP contribution in [-0.2, 0) is 11.3 Å². The molecule has 0 aliphatic heterocycles. The first kappa shape index (κ1) is 21.9. The SMILES string of the molecule is Cc1cc2c(C3=CC=CCC3=O)c(C(=O)O)n(Cc3cc4ccc(O)cc4nc3Cl)c2cc1F. The standard InChI is InChI=1S/C26H18ClFN2O4/c1-13-8-18-21(11-19(13)28)30(24(26(33)34)23(18)17-4-2-3-5-22(17)32)12-15-9-14-6-7-16(31)10-20(14)29-25(15)27/h2-4,6-11,31H,5,12H2,1H3,(H,33,34). The number of hydrogen-bond donors (Lipinski definition) is 2. The van der Waals surface area contributed by atoms with Gasteiger partial charge in [-0.1, -0.05) is 29.8 Å². The second kappa shape index (κ2) is 8.11. The van der Waals surface area contributed by atoms with Gasteiger partial charge in [-0.2, -0.15) is 0 Å². The zero-order valence-electron chi connectivity index (χ0n) is 18.0. The smallest absolute Gasteiger partial charge is 0.353 e. The van der Waals surface area contributed by atoms with E-state index in [0.29, 0.717) is 32.9 Å². The Bertz CT molecular complexity index is 1600. The molecule has 2 heterocycles. The van der Waals surface area contributed by atoms with Gasteiger partial charge in [-0.3, -0.25) is 4.79 Å². The lowest BCUT2D eigenvalue weighted by Gasteiger charge is -2.13. The van der Waals surface area contributed by atoms with E-state index in [9.17, 15) is 24.2 Å². The third kappa shape index (κ3) is 3.54. The Balaban J connectivity index is 1.80. The molecular weight excluding hydrogens is 459 g/mol. The molecule has 4 aromatic rings. The number of aromatic carboxylic acids is 1. The number of benzene rings is 2. The summed E-state index contributed by atoms with van der Waals surface area (Å²) in [5.41, 5.74) is 2.07. The Labute approximate surface area is 198 Å². The quantitative estimate of drug-likeness (QED) is 0.371. The van der Waals surface area contributed by atoms with Crippen molar-refractivity contribution >= 4 is 50.7 Å². The lowest BCUT2D eigenvalue weighted by molar-refractivity contribution is -0.113. The van der Waals surface area contributed by atoms with Gasteiger partial charge in [0.1, 0.15) is 22.4 Å². The third-order valence-corrected chi connectivity index (χ3v) is 6.30. The summed E-state index contributed by atoms with van der Waals surface area (Å²) in [5, 5.41) is 21.2. The molecule has 0 saturated heterocycles. The van der Waals surface area contributed by atoms with Crippen molar-refractivity contribution < 1.29 is 24.2 Å². The minimum atomic E-state index is -1.25. The lowest BCUT2D eigenvalue weighted by atomic mass is 9.93. The molecule has 0 bridgehead atoms. The van der Waals surface area contributed by atoms with Gasteiger partial charge in [0.15, 0.2) is 5.78 Å². The number of nitrogens with zero attached hydrogens (tertiary/aromatic N) is 2. The number of Topliss-reactive ketones (excluding diaryl/α,β-unsaturated/α-hetero) is 1. The van der Waals surface area contributed by atoms with E-state index in [1.54, 1.807) is 43.4 Å². The monoisotopic (exact) mass is 476 g/mol. The Morgan fingerprint density at radius 1 is 1.24 bits per heavy atom. The largest absolute Gasteiger partial charge is 0.508 e. The molecule has 1 aliphatic carbocycles. The second-order valence-corrected chi connectivity index (χ2v) is 8.54. The first-order chi connectivity index (χ1) is 16.2. The molecule has 170 valence electrons. The summed E-state index contributed by atoms with van der Waals surface area (Å²) in [6.07, 6.45) is 5.16. The van der Waals surface area contributed by atoms with Crippen molar-refractivity contribution in [3.8, 4) is 5.75 Å². The fourth-order valence-corrected chi connectivity index (χ4v) is 4.56. The fourth-order valence-electron chi connectivity index (χ4n) is 4.36. The van der Waals surface area contributed by atoms with E-state index < -0.39 is 11.8 Å². The number of ketones is 1. The maximum Gasteiger partial charge on any atom is 0.353 e. The number of phenols is 1. The molecule has 2 aromatic carbocycles. The summed E-state index contributed by atoms with van der Waals surface area (Å²) in [6, 6.07) is 9.27. The number of aromatic nitrogens is 2. The number of carbonyl (C=O) groups excluding carboxylic acids is 1. The molecule has 2 N–H and O–H groups in total. The van der Waals surface area contributed by atoms with Crippen LogP contribution in [-0.4, -0.2) is 31.5 Å². The van der Waals surface area contributed by atoms with Gasteiger partial charge in [0.05, 0.1) is 17.6 Å². The molecule has 0 unspecified atom stereocenters. The second-order valence-electron chi connectivity index (χ2n) is 8.18. The maximum absolute atomic E-state index is 14.6. The molecule has 0 spiro atoms. The number of allylic oxidation sites excluding steroid dienone is 4. The lowest BCUT2D eigenvalue weighted by Crippen LogP contribution is -2.14. The van der Waals surface area contributed by atoms with Crippen molar-refractivity contribution in [3.05, 3.63) is 88.0 Å². The van der Waals surface area contributed by atoms with Gasteiger partial charge in [-0.05, 0) is 42.8 Å². The van der Waals surface area contributed by atoms with Gasteiger partial charge in [0.25, 0.3) is 0 Å². The van der Waals surface area contributed by atoms with Crippen molar-refractivity contribution in [2.75, 3.05) is 0 Å². The van der Waals surface area contributed by atoms with Crippen molar-refractivity contribution in [1.29, 1.82) is 0 Å². The van der Waals surface area contributed by atoms with Crippen LogP contribution in [0, 0.1) is 12.7 Å². The minimum Gasteiger partial charge on any atom is -0.508 e. The van der Waals surface area contributed by atoms with Crippen molar-refractivity contribution in [2.45, 2.75) is 19.9 Å². The Hall–Kier alpha value is -3.97. The Morgan fingerprint density at radius 3 is 2.76 bits per heavy atom. The predicted molar refractivity (Wildman–Crippen MR) is 128 cm³/mol. The highest BCUT2D eigenvalue weighted by Crippen LogP contribution is 2.37. The molecule has 0 radical (unpaired) electrons. The number of aryl methyl sites for hydroxylation is 1. The molecule has 5 rings (SSSR count). The van der Waals surface area contributed by atoms with Gasteiger partial charge >= 0.3 is 5.97 Å². The van der Waals surface area contributed by atoms with Crippen molar-refractivity contribution in [3.63, 3.8) is 0 Å². The molecular formula is C26H18ClFN2O4. The average Bonchev–Trinajstić information content (AvgIpc) is 3.08.